The summed E-state index contributed by atoms with van der Waals surface area (Å²) in [5, 5.41) is 3.18. The molecule has 0 aliphatic carbocycles. The number of halogens is 2. The zero-order valence-electron chi connectivity index (χ0n) is 8.72. The van der Waals surface area contributed by atoms with Gasteiger partial charge in [-0.3, -0.25) is 0 Å². The second-order valence-corrected chi connectivity index (χ2v) is 4.05. The molecule has 84 valence electrons. The molecule has 0 aromatic heterocycles. The fourth-order valence-corrected chi connectivity index (χ4v) is 1.48. The van der Waals surface area contributed by atoms with Crippen molar-refractivity contribution in [3.05, 3.63) is 28.5 Å². The van der Waals surface area contributed by atoms with Crippen molar-refractivity contribution in [1.29, 1.82) is 0 Å². The van der Waals surface area contributed by atoms with Crippen molar-refractivity contribution < 1.29 is 9.13 Å². The Kier molecular flexibility index (Phi) is 5.65. The molecule has 1 N–H and O–H groups in total. The topological polar surface area (TPSA) is 21.3 Å². The van der Waals surface area contributed by atoms with Crippen molar-refractivity contribution in [3.8, 4) is 5.75 Å². The lowest BCUT2D eigenvalue weighted by molar-refractivity contribution is 0.293. The minimum Gasteiger partial charge on any atom is -0.490 e. The number of benzene rings is 1. The van der Waals surface area contributed by atoms with Gasteiger partial charge >= 0.3 is 0 Å². The molecule has 2 nitrogen and oxygen atoms in total. The maximum absolute atomic E-state index is 13.2. The smallest absolute Gasteiger partial charge is 0.165 e. The number of rotatable bonds is 6. The van der Waals surface area contributed by atoms with Crippen LogP contribution in [-0.2, 0) is 0 Å². The van der Waals surface area contributed by atoms with Crippen molar-refractivity contribution in [1.82, 2.24) is 5.32 Å². The first-order valence-corrected chi connectivity index (χ1v) is 5.82. The van der Waals surface area contributed by atoms with Crippen LogP contribution in [0.15, 0.2) is 22.7 Å². The SMILES string of the molecule is CCNCCCOc1cc(Br)ccc1F. The standard InChI is InChI=1S/C11H15BrFNO/c1-2-14-6-3-7-15-11-8-9(12)4-5-10(11)13/h4-5,8,14H,2-3,6-7H2,1H3. The third kappa shape index (κ3) is 4.62. The first-order valence-electron chi connectivity index (χ1n) is 5.02. The first kappa shape index (κ1) is 12.5. The van der Waals surface area contributed by atoms with E-state index in [4.69, 9.17) is 4.74 Å². The lowest BCUT2D eigenvalue weighted by Gasteiger charge is -2.07. The van der Waals surface area contributed by atoms with E-state index in [-0.39, 0.29) is 5.82 Å². The van der Waals surface area contributed by atoms with Gasteiger partial charge in [0.1, 0.15) is 0 Å². The van der Waals surface area contributed by atoms with Gasteiger partial charge in [0.25, 0.3) is 0 Å². The summed E-state index contributed by atoms with van der Waals surface area (Å²) in [7, 11) is 0. The quantitative estimate of drug-likeness (QED) is 0.806. The minimum absolute atomic E-state index is 0.306. The Bertz CT molecular complexity index is 307. The molecule has 0 saturated carbocycles. The molecule has 0 saturated heterocycles. The molecule has 0 spiro atoms. The van der Waals surface area contributed by atoms with Gasteiger partial charge in [0.15, 0.2) is 11.6 Å². The van der Waals surface area contributed by atoms with Crippen LogP contribution in [0.2, 0.25) is 0 Å². The van der Waals surface area contributed by atoms with E-state index in [0.29, 0.717) is 12.4 Å². The van der Waals surface area contributed by atoms with E-state index in [0.717, 1.165) is 24.0 Å². The molecule has 0 fully saturated rings. The molecule has 0 aliphatic rings. The Labute approximate surface area is 98.0 Å². The minimum atomic E-state index is -0.318. The van der Waals surface area contributed by atoms with E-state index < -0.39 is 0 Å². The molecule has 1 aromatic carbocycles. The van der Waals surface area contributed by atoms with Gasteiger partial charge in [-0.2, -0.15) is 0 Å². The third-order valence-corrected chi connectivity index (χ3v) is 2.39. The van der Waals surface area contributed by atoms with Crippen molar-refractivity contribution in [3.63, 3.8) is 0 Å². The molecule has 1 aromatic rings. The van der Waals surface area contributed by atoms with Crippen LogP contribution >= 0.6 is 15.9 Å². The molecular weight excluding hydrogens is 261 g/mol. The molecule has 1 rings (SSSR count). The van der Waals surface area contributed by atoms with Crippen molar-refractivity contribution in [2.24, 2.45) is 0 Å². The van der Waals surface area contributed by atoms with Gasteiger partial charge in [-0.05, 0) is 37.7 Å². The lowest BCUT2D eigenvalue weighted by atomic mass is 10.3. The third-order valence-electron chi connectivity index (χ3n) is 1.90. The monoisotopic (exact) mass is 275 g/mol. The number of hydrogen-bond donors (Lipinski definition) is 1. The summed E-state index contributed by atoms with van der Waals surface area (Å²) in [5.41, 5.74) is 0. The zero-order valence-corrected chi connectivity index (χ0v) is 10.3. The van der Waals surface area contributed by atoms with Crippen LogP contribution in [0.3, 0.4) is 0 Å². The summed E-state index contributed by atoms with van der Waals surface area (Å²) < 4.78 is 19.3. The summed E-state index contributed by atoms with van der Waals surface area (Å²) in [6.45, 7) is 4.42. The van der Waals surface area contributed by atoms with E-state index in [2.05, 4.69) is 28.2 Å². The van der Waals surface area contributed by atoms with E-state index in [1.165, 1.54) is 6.07 Å². The van der Waals surface area contributed by atoms with Gasteiger partial charge in [0, 0.05) is 4.47 Å². The Morgan fingerprint density at radius 2 is 2.27 bits per heavy atom. The van der Waals surface area contributed by atoms with Crippen LogP contribution < -0.4 is 10.1 Å². The normalized spacial score (nSPS) is 10.3. The summed E-state index contributed by atoms with van der Waals surface area (Å²) in [5.74, 6) is -0.0116. The van der Waals surface area contributed by atoms with Crippen molar-refractivity contribution >= 4 is 15.9 Å². The van der Waals surface area contributed by atoms with Crippen molar-refractivity contribution in [2.45, 2.75) is 13.3 Å². The van der Waals surface area contributed by atoms with Gasteiger partial charge < -0.3 is 10.1 Å². The maximum Gasteiger partial charge on any atom is 0.165 e. The zero-order chi connectivity index (χ0) is 11.1. The summed E-state index contributed by atoms with van der Waals surface area (Å²) in [6.07, 6.45) is 0.875. The van der Waals surface area contributed by atoms with Crippen LogP contribution in [0.25, 0.3) is 0 Å². The molecule has 15 heavy (non-hydrogen) atoms. The number of hydrogen-bond acceptors (Lipinski definition) is 2. The van der Waals surface area contributed by atoms with Gasteiger partial charge in [-0.15, -0.1) is 0 Å². The largest absolute Gasteiger partial charge is 0.490 e. The highest BCUT2D eigenvalue weighted by atomic mass is 79.9. The fourth-order valence-electron chi connectivity index (χ4n) is 1.14. The Balaban J connectivity index is 2.33. The van der Waals surface area contributed by atoms with Gasteiger partial charge in [0.2, 0.25) is 0 Å². The summed E-state index contributed by atoms with van der Waals surface area (Å²) in [6, 6.07) is 4.69. The van der Waals surface area contributed by atoms with E-state index in [1.54, 1.807) is 12.1 Å². The molecule has 0 atom stereocenters. The molecule has 0 heterocycles. The average Bonchev–Trinajstić information content (AvgIpc) is 2.23. The second kappa shape index (κ2) is 6.80. The molecule has 0 amide bonds. The maximum atomic E-state index is 13.2. The highest BCUT2D eigenvalue weighted by Gasteiger charge is 2.02. The molecular formula is C11H15BrFNO. The number of ether oxygens (including phenoxy) is 1. The number of nitrogens with one attached hydrogen (secondary N) is 1. The predicted octanol–water partition coefficient (Wildman–Crippen LogP) is 2.97. The van der Waals surface area contributed by atoms with E-state index in [9.17, 15) is 4.39 Å². The highest BCUT2D eigenvalue weighted by molar-refractivity contribution is 9.10. The van der Waals surface area contributed by atoms with E-state index in [1.807, 2.05) is 0 Å². The van der Waals surface area contributed by atoms with Crippen LogP contribution in [0, 0.1) is 5.82 Å². The molecule has 0 aliphatic heterocycles. The molecule has 0 radical (unpaired) electrons. The molecule has 0 unspecified atom stereocenters. The van der Waals surface area contributed by atoms with E-state index >= 15 is 0 Å². The average molecular weight is 276 g/mol. The first-order chi connectivity index (χ1) is 7.24. The van der Waals surface area contributed by atoms with Crippen molar-refractivity contribution in [2.75, 3.05) is 19.7 Å². The fraction of sp³-hybridized carbons (Fsp3) is 0.455. The predicted molar refractivity (Wildman–Crippen MR) is 62.8 cm³/mol. The van der Waals surface area contributed by atoms with Crippen LogP contribution in [0.4, 0.5) is 4.39 Å². The Morgan fingerprint density at radius 3 is 3.00 bits per heavy atom. The lowest BCUT2D eigenvalue weighted by Crippen LogP contribution is -2.16. The molecule has 4 heteroatoms. The van der Waals surface area contributed by atoms with Gasteiger partial charge in [0.05, 0.1) is 6.61 Å². The highest BCUT2D eigenvalue weighted by Crippen LogP contribution is 2.22. The van der Waals surface area contributed by atoms with Gasteiger partial charge in [-0.1, -0.05) is 22.9 Å². The summed E-state index contributed by atoms with van der Waals surface area (Å²) >= 11 is 3.27. The van der Waals surface area contributed by atoms with Crippen LogP contribution in [-0.4, -0.2) is 19.7 Å². The second-order valence-electron chi connectivity index (χ2n) is 3.13. The summed E-state index contributed by atoms with van der Waals surface area (Å²) in [4.78, 5) is 0. The Morgan fingerprint density at radius 1 is 1.47 bits per heavy atom. The Hall–Kier alpha value is -0.610. The van der Waals surface area contributed by atoms with Gasteiger partial charge in [-0.25, -0.2) is 4.39 Å². The van der Waals surface area contributed by atoms with Crippen LogP contribution in [0.5, 0.6) is 5.75 Å². The van der Waals surface area contributed by atoms with Crippen LogP contribution in [0.1, 0.15) is 13.3 Å². The molecule has 0 bridgehead atoms.